The zero-order valence-electron chi connectivity index (χ0n) is 11.4. The van der Waals surface area contributed by atoms with Crippen molar-refractivity contribution in [2.24, 2.45) is 0 Å². The first-order valence-corrected chi connectivity index (χ1v) is 7.21. The second kappa shape index (κ2) is 7.39. The van der Waals surface area contributed by atoms with E-state index in [-0.39, 0.29) is 5.75 Å². The minimum absolute atomic E-state index is 0.0972. The molecule has 0 atom stereocenters. The zero-order chi connectivity index (χ0) is 15.1. The maximum atomic E-state index is 11.6. The van der Waals surface area contributed by atoms with Crippen LogP contribution in [0, 0.1) is 6.92 Å². The van der Waals surface area contributed by atoms with Crippen LogP contribution in [-0.2, 0) is 4.79 Å². The molecular weight excluding hydrogens is 288 g/mol. The number of para-hydroxylation sites is 1. The van der Waals surface area contributed by atoms with Gasteiger partial charge in [-0.1, -0.05) is 30.0 Å². The molecular formula is C14H14N4O2S. The summed E-state index contributed by atoms with van der Waals surface area (Å²) in [6.07, 6.45) is 0. The SMILES string of the molecule is Cc1ccc(SCC(=O)NC(=O)Nc2ccccc2)nn1. The molecule has 1 aromatic carbocycles. The van der Waals surface area contributed by atoms with Gasteiger partial charge in [-0.3, -0.25) is 10.1 Å². The number of anilines is 1. The van der Waals surface area contributed by atoms with Crippen molar-refractivity contribution in [3.63, 3.8) is 0 Å². The number of nitrogens with zero attached hydrogens (tertiary/aromatic N) is 2. The number of imide groups is 1. The van der Waals surface area contributed by atoms with Crippen LogP contribution in [0.25, 0.3) is 0 Å². The lowest BCUT2D eigenvalue weighted by atomic mass is 10.3. The number of hydrogen-bond acceptors (Lipinski definition) is 5. The zero-order valence-corrected chi connectivity index (χ0v) is 12.2. The topological polar surface area (TPSA) is 84.0 Å². The quantitative estimate of drug-likeness (QED) is 0.846. The Kier molecular flexibility index (Phi) is 5.28. The molecule has 21 heavy (non-hydrogen) atoms. The van der Waals surface area contributed by atoms with E-state index in [1.807, 2.05) is 19.1 Å². The second-order valence-electron chi connectivity index (χ2n) is 4.17. The fourth-order valence-electron chi connectivity index (χ4n) is 1.45. The van der Waals surface area contributed by atoms with E-state index >= 15 is 0 Å². The summed E-state index contributed by atoms with van der Waals surface area (Å²) in [7, 11) is 0. The van der Waals surface area contributed by atoms with Crippen LogP contribution in [0.15, 0.2) is 47.5 Å². The summed E-state index contributed by atoms with van der Waals surface area (Å²) in [5, 5.41) is 13.3. The Morgan fingerprint density at radius 3 is 2.52 bits per heavy atom. The highest BCUT2D eigenvalue weighted by molar-refractivity contribution is 7.99. The van der Waals surface area contributed by atoms with Gasteiger partial charge in [0.2, 0.25) is 5.91 Å². The third kappa shape index (κ3) is 5.23. The molecule has 1 aromatic heterocycles. The number of nitrogens with one attached hydrogen (secondary N) is 2. The van der Waals surface area contributed by atoms with E-state index in [0.29, 0.717) is 10.7 Å². The molecule has 108 valence electrons. The lowest BCUT2D eigenvalue weighted by molar-refractivity contribution is -0.117. The molecule has 0 saturated carbocycles. The highest BCUT2D eigenvalue weighted by Gasteiger charge is 2.09. The average Bonchev–Trinajstić information content (AvgIpc) is 2.47. The Labute approximate surface area is 126 Å². The van der Waals surface area contributed by atoms with Gasteiger partial charge in [0.25, 0.3) is 0 Å². The van der Waals surface area contributed by atoms with Gasteiger partial charge in [-0.15, -0.1) is 5.10 Å². The number of benzene rings is 1. The number of amides is 3. The third-order valence-corrected chi connectivity index (χ3v) is 3.33. The summed E-state index contributed by atoms with van der Waals surface area (Å²) >= 11 is 1.22. The molecule has 0 aliphatic rings. The lowest BCUT2D eigenvalue weighted by Gasteiger charge is -2.06. The molecule has 3 amide bonds. The standard InChI is InChI=1S/C14H14N4O2S/c1-10-7-8-13(18-17-10)21-9-12(19)16-14(20)15-11-5-3-2-4-6-11/h2-8H,9H2,1H3,(H2,15,16,19,20). The molecule has 6 nitrogen and oxygen atoms in total. The lowest BCUT2D eigenvalue weighted by Crippen LogP contribution is -2.35. The van der Waals surface area contributed by atoms with E-state index in [1.165, 1.54) is 11.8 Å². The normalized spacial score (nSPS) is 9.95. The number of aromatic nitrogens is 2. The summed E-state index contributed by atoms with van der Waals surface area (Å²) in [5.41, 5.74) is 1.44. The first-order valence-electron chi connectivity index (χ1n) is 6.22. The minimum Gasteiger partial charge on any atom is -0.308 e. The maximum absolute atomic E-state index is 11.6. The number of aryl methyl sites for hydroxylation is 1. The Balaban J connectivity index is 1.76. The average molecular weight is 302 g/mol. The van der Waals surface area contributed by atoms with Crippen LogP contribution in [0.1, 0.15) is 5.69 Å². The van der Waals surface area contributed by atoms with E-state index in [2.05, 4.69) is 20.8 Å². The van der Waals surface area contributed by atoms with Crippen molar-refractivity contribution in [3.05, 3.63) is 48.2 Å². The molecule has 0 radical (unpaired) electrons. The molecule has 0 aliphatic carbocycles. The largest absolute Gasteiger partial charge is 0.325 e. The van der Waals surface area contributed by atoms with Crippen molar-refractivity contribution in [2.75, 3.05) is 11.1 Å². The molecule has 0 fully saturated rings. The molecule has 0 aliphatic heterocycles. The van der Waals surface area contributed by atoms with Gasteiger partial charge in [-0.05, 0) is 31.2 Å². The highest BCUT2D eigenvalue weighted by Crippen LogP contribution is 2.13. The van der Waals surface area contributed by atoms with Gasteiger partial charge in [0.15, 0.2) is 0 Å². The minimum atomic E-state index is -0.554. The maximum Gasteiger partial charge on any atom is 0.325 e. The molecule has 2 aromatic rings. The fourth-order valence-corrected chi connectivity index (χ4v) is 2.06. The van der Waals surface area contributed by atoms with E-state index in [0.717, 1.165) is 5.69 Å². The summed E-state index contributed by atoms with van der Waals surface area (Å²) in [5.74, 6) is -0.296. The van der Waals surface area contributed by atoms with Crippen molar-refractivity contribution < 1.29 is 9.59 Å². The molecule has 2 rings (SSSR count). The summed E-state index contributed by atoms with van der Waals surface area (Å²) in [4.78, 5) is 23.2. The first-order chi connectivity index (χ1) is 10.1. The molecule has 1 heterocycles. The molecule has 0 bridgehead atoms. The summed E-state index contributed by atoms with van der Waals surface area (Å²) < 4.78 is 0. The van der Waals surface area contributed by atoms with Gasteiger partial charge in [-0.25, -0.2) is 4.79 Å². The molecule has 0 unspecified atom stereocenters. The third-order valence-electron chi connectivity index (χ3n) is 2.41. The van der Waals surface area contributed by atoms with Crippen LogP contribution in [0.2, 0.25) is 0 Å². The smallest absolute Gasteiger partial charge is 0.308 e. The highest BCUT2D eigenvalue weighted by atomic mass is 32.2. The van der Waals surface area contributed by atoms with E-state index in [1.54, 1.807) is 30.3 Å². The molecule has 0 spiro atoms. The molecule has 2 N–H and O–H groups in total. The van der Waals surface area contributed by atoms with E-state index < -0.39 is 11.9 Å². The monoisotopic (exact) mass is 302 g/mol. The van der Waals surface area contributed by atoms with Crippen LogP contribution < -0.4 is 10.6 Å². The van der Waals surface area contributed by atoms with Crippen LogP contribution in [0.5, 0.6) is 0 Å². The number of urea groups is 1. The molecule has 0 saturated heterocycles. The Hall–Kier alpha value is -2.41. The number of carbonyl (C=O) groups is 2. The summed E-state index contributed by atoms with van der Waals surface area (Å²) in [6, 6.07) is 11.9. The van der Waals surface area contributed by atoms with Gasteiger partial charge in [0, 0.05) is 5.69 Å². The van der Waals surface area contributed by atoms with Crippen molar-refractivity contribution in [2.45, 2.75) is 11.9 Å². The number of hydrogen-bond donors (Lipinski definition) is 2. The van der Waals surface area contributed by atoms with Crippen molar-refractivity contribution in [1.82, 2.24) is 15.5 Å². The van der Waals surface area contributed by atoms with E-state index in [9.17, 15) is 9.59 Å². The number of carbonyl (C=O) groups excluding carboxylic acids is 2. The van der Waals surface area contributed by atoms with E-state index in [4.69, 9.17) is 0 Å². The first kappa shape index (κ1) is 15.0. The van der Waals surface area contributed by atoms with Crippen molar-refractivity contribution >= 4 is 29.4 Å². The predicted octanol–water partition coefficient (Wildman–Crippen LogP) is 2.23. The summed E-state index contributed by atoms with van der Waals surface area (Å²) in [6.45, 7) is 1.84. The fraction of sp³-hybridized carbons (Fsp3) is 0.143. The van der Waals surface area contributed by atoms with Gasteiger partial charge >= 0.3 is 6.03 Å². The van der Waals surface area contributed by atoms with Crippen molar-refractivity contribution in [1.29, 1.82) is 0 Å². The Bertz CT molecular complexity index is 617. The van der Waals surface area contributed by atoms with Crippen LogP contribution in [-0.4, -0.2) is 27.9 Å². The van der Waals surface area contributed by atoms with Gasteiger partial charge in [0.05, 0.1) is 11.4 Å². The van der Waals surface area contributed by atoms with Gasteiger partial charge in [-0.2, -0.15) is 5.10 Å². The van der Waals surface area contributed by atoms with Crippen LogP contribution in [0.4, 0.5) is 10.5 Å². The van der Waals surface area contributed by atoms with Crippen LogP contribution >= 0.6 is 11.8 Å². The Morgan fingerprint density at radius 1 is 1.10 bits per heavy atom. The number of rotatable bonds is 4. The second-order valence-corrected chi connectivity index (χ2v) is 5.17. The van der Waals surface area contributed by atoms with Crippen LogP contribution in [0.3, 0.4) is 0 Å². The van der Waals surface area contributed by atoms with Gasteiger partial charge in [0.1, 0.15) is 5.03 Å². The number of thioether (sulfide) groups is 1. The van der Waals surface area contributed by atoms with Crippen molar-refractivity contribution in [3.8, 4) is 0 Å². The Morgan fingerprint density at radius 2 is 1.86 bits per heavy atom. The predicted molar refractivity (Wildman–Crippen MR) is 81.1 cm³/mol. The molecule has 7 heteroatoms. The van der Waals surface area contributed by atoms with Gasteiger partial charge < -0.3 is 5.32 Å².